The summed E-state index contributed by atoms with van der Waals surface area (Å²) in [5.41, 5.74) is 1.09. The normalized spacial score (nSPS) is 17.3. The Labute approximate surface area is 131 Å². The summed E-state index contributed by atoms with van der Waals surface area (Å²) in [7, 11) is 0. The number of aliphatic hydroxyl groups is 1. The first kappa shape index (κ1) is 16.5. The number of pyridine rings is 1. The lowest BCUT2D eigenvalue weighted by molar-refractivity contribution is -0.149. The lowest BCUT2D eigenvalue weighted by atomic mass is 10.1. The minimum Gasteiger partial charge on any atom is -0.478 e. The molecule has 1 aliphatic heterocycles. The Bertz CT molecular complexity index is 510. The summed E-state index contributed by atoms with van der Waals surface area (Å²) in [6.45, 7) is 2.87. The lowest BCUT2D eigenvalue weighted by Gasteiger charge is -2.09. The van der Waals surface area contributed by atoms with Crippen molar-refractivity contribution >= 4 is 11.5 Å². The van der Waals surface area contributed by atoms with Crippen LogP contribution in [0.1, 0.15) is 51.0 Å². The lowest BCUT2D eigenvalue weighted by Crippen LogP contribution is -2.09. The first-order valence-corrected chi connectivity index (χ1v) is 7.90. The van der Waals surface area contributed by atoms with Crippen molar-refractivity contribution in [1.29, 1.82) is 0 Å². The Morgan fingerprint density at radius 3 is 2.64 bits per heavy atom. The van der Waals surface area contributed by atoms with Crippen LogP contribution in [0.15, 0.2) is 24.4 Å². The molecule has 0 fully saturated rings. The van der Waals surface area contributed by atoms with Crippen LogP contribution in [-0.2, 0) is 9.53 Å². The van der Waals surface area contributed by atoms with Gasteiger partial charge in [-0.1, -0.05) is 39.0 Å². The van der Waals surface area contributed by atoms with Crippen molar-refractivity contribution in [2.45, 2.75) is 51.7 Å². The largest absolute Gasteiger partial charge is 0.478 e. The smallest absolute Gasteiger partial charge is 0.333 e. The number of unbranched alkanes of at least 4 members (excludes halogenated alkanes) is 5. The van der Waals surface area contributed by atoms with Gasteiger partial charge in [0.15, 0.2) is 0 Å². The van der Waals surface area contributed by atoms with E-state index in [-0.39, 0.29) is 0 Å². The average molecular weight is 305 g/mol. The van der Waals surface area contributed by atoms with Crippen molar-refractivity contribution in [2.24, 2.45) is 0 Å². The van der Waals surface area contributed by atoms with Gasteiger partial charge in [0.25, 0.3) is 0 Å². The number of carbonyl (C=O) groups is 1. The van der Waals surface area contributed by atoms with E-state index in [4.69, 9.17) is 4.74 Å². The van der Waals surface area contributed by atoms with Crippen molar-refractivity contribution in [3.8, 4) is 5.88 Å². The van der Waals surface area contributed by atoms with Crippen molar-refractivity contribution in [3.63, 3.8) is 0 Å². The number of cyclic esters (lactones) is 1. The van der Waals surface area contributed by atoms with E-state index in [2.05, 4.69) is 16.6 Å². The number of aromatic nitrogens is 1. The molecule has 0 radical (unpaired) electrons. The van der Waals surface area contributed by atoms with Gasteiger partial charge in [0.05, 0.1) is 6.61 Å². The predicted molar refractivity (Wildman–Crippen MR) is 83.2 cm³/mol. The number of ether oxygens (including phenoxy) is 2. The van der Waals surface area contributed by atoms with Gasteiger partial charge < -0.3 is 14.6 Å². The molecule has 2 heterocycles. The molecule has 0 saturated heterocycles. The summed E-state index contributed by atoms with van der Waals surface area (Å²) in [4.78, 5) is 15.3. The summed E-state index contributed by atoms with van der Waals surface area (Å²) < 4.78 is 10.2. The third-order valence-electron chi connectivity index (χ3n) is 3.58. The highest BCUT2D eigenvalue weighted by molar-refractivity contribution is 5.96. The molecule has 1 aromatic heterocycles. The van der Waals surface area contributed by atoms with E-state index in [0.717, 1.165) is 6.42 Å². The highest BCUT2D eigenvalue weighted by atomic mass is 16.6. The van der Waals surface area contributed by atoms with E-state index in [9.17, 15) is 9.90 Å². The second-order valence-electron chi connectivity index (χ2n) is 5.39. The Morgan fingerprint density at radius 2 is 2.00 bits per heavy atom. The van der Waals surface area contributed by atoms with Crippen LogP contribution in [0, 0.1) is 0 Å². The van der Waals surface area contributed by atoms with E-state index in [1.165, 1.54) is 38.2 Å². The Hall–Kier alpha value is -1.88. The molecule has 22 heavy (non-hydrogen) atoms. The number of carbonyl (C=O) groups excluding carboxylic acids is 1. The highest BCUT2D eigenvalue weighted by Crippen LogP contribution is 2.25. The quantitative estimate of drug-likeness (QED) is 0.561. The third kappa shape index (κ3) is 4.84. The summed E-state index contributed by atoms with van der Waals surface area (Å²) in [6, 6.07) is 3.50. The molecular formula is C17H23NO4. The Kier molecular flexibility index (Phi) is 6.40. The molecule has 1 aliphatic rings. The zero-order valence-corrected chi connectivity index (χ0v) is 13.0. The van der Waals surface area contributed by atoms with Crippen molar-refractivity contribution in [3.05, 3.63) is 30.0 Å². The molecule has 1 N–H and O–H groups in total. The molecule has 1 unspecified atom stereocenters. The molecule has 0 spiro atoms. The fourth-order valence-electron chi connectivity index (χ4n) is 2.33. The summed E-state index contributed by atoms with van der Waals surface area (Å²) in [5, 5.41) is 9.57. The fraction of sp³-hybridized carbons (Fsp3) is 0.529. The first-order valence-electron chi connectivity index (χ1n) is 7.90. The van der Waals surface area contributed by atoms with Gasteiger partial charge in [-0.15, -0.1) is 0 Å². The molecule has 0 amide bonds. The molecular weight excluding hydrogens is 282 g/mol. The monoisotopic (exact) mass is 305 g/mol. The van der Waals surface area contributed by atoms with Crippen LogP contribution < -0.4 is 4.74 Å². The van der Waals surface area contributed by atoms with Gasteiger partial charge in [-0.25, -0.2) is 9.78 Å². The fourth-order valence-corrected chi connectivity index (χ4v) is 2.33. The molecule has 0 aliphatic carbocycles. The zero-order chi connectivity index (χ0) is 15.8. The number of nitrogens with zero attached hydrogens (tertiary/aromatic N) is 1. The molecule has 0 bridgehead atoms. The van der Waals surface area contributed by atoms with Crippen LogP contribution >= 0.6 is 0 Å². The van der Waals surface area contributed by atoms with E-state index in [1.54, 1.807) is 18.3 Å². The van der Waals surface area contributed by atoms with Gasteiger partial charge in [-0.05, 0) is 12.5 Å². The average Bonchev–Trinajstić information content (AvgIpc) is 2.86. The Balaban J connectivity index is 1.73. The van der Waals surface area contributed by atoms with Crippen molar-refractivity contribution < 1.29 is 19.4 Å². The van der Waals surface area contributed by atoms with Crippen molar-refractivity contribution in [2.75, 3.05) is 6.61 Å². The molecule has 2 rings (SSSR count). The topological polar surface area (TPSA) is 68.7 Å². The molecule has 120 valence electrons. The van der Waals surface area contributed by atoms with Gasteiger partial charge in [0.1, 0.15) is 0 Å². The summed E-state index contributed by atoms with van der Waals surface area (Å²) >= 11 is 0. The molecule has 0 saturated carbocycles. The number of rotatable bonds is 9. The second kappa shape index (κ2) is 8.54. The number of hydrogen-bond acceptors (Lipinski definition) is 5. The van der Waals surface area contributed by atoms with E-state index < -0.39 is 12.3 Å². The SMILES string of the molecule is CCCCCCCCOc1ccc(C2=CC(=O)OC2O)cn1. The number of esters is 1. The maximum atomic E-state index is 11.1. The molecule has 5 nitrogen and oxygen atoms in total. The van der Waals surface area contributed by atoms with Crippen LogP contribution in [0.2, 0.25) is 0 Å². The Morgan fingerprint density at radius 1 is 1.23 bits per heavy atom. The zero-order valence-electron chi connectivity index (χ0n) is 13.0. The van der Waals surface area contributed by atoms with Gasteiger partial charge in [0.2, 0.25) is 12.2 Å². The van der Waals surface area contributed by atoms with Gasteiger partial charge >= 0.3 is 5.97 Å². The van der Waals surface area contributed by atoms with Gasteiger partial charge in [-0.3, -0.25) is 0 Å². The molecule has 1 atom stereocenters. The molecule has 0 aromatic carbocycles. The van der Waals surface area contributed by atoms with E-state index in [1.807, 2.05) is 0 Å². The van der Waals surface area contributed by atoms with Crippen LogP contribution in [0.3, 0.4) is 0 Å². The van der Waals surface area contributed by atoms with Crippen LogP contribution in [0.4, 0.5) is 0 Å². The summed E-state index contributed by atoms with van der Waals surface area (Å²) in [6.07, 6.45) is 8.96. The van der Waals surface area contributed by atoms with Gasteiger partial charge in [-0.2, -0.15) is 0 Å². The van der Waals surface area contributed by atoms with Crippen LogP contribution in [-0.4, -0.2) is 29.0 Å². The van der Waals surface area contributed by atoms with E-state index >= 15 is 0 Å². The third-order valence-corrected chi connectivity index (χ3v) is 3.58. The van der Waals surface area contributed by atoms with Crippen LogP contribution in [0.25, 0.3) is 5.57 Å². The minimum atomic E-state index is -1.20. The molecule has 1 aromatic rings. The van der Waals surface area contributed by atoms with Gasteiger partial charge in [0, 0.05) is 29.5 Å². The maximum Gasteiger partial charge on any atom is 0.333 e. The second-order valence-corrected chi connectivity index (χ2v) is 5.39. The minimum absolute atomic E-state index is 0.431. The highest BCUT2D eigenvalue weighted by Gasteiger charge is 2.25. The number of hydrogen-bond donors (Lipinski definition) is 1. The number of aliphatic hydroxyl groups excluding tert-OH is 1. The first-order chi connectivity index (χ1) is 10.7. The van der Waals surface area contributed by atoms with E-state index in [0.29, 0.717) is 23.6 Å². The predicted octanol–water partition coefficient (Wildman–Crippen LogP) is 3.08. The van der Waals surface area contributed by atoms with Crippen LogP contribution in [0.5, 0.6) is 5.88 Å². The maximum absolute atomic E-state index is 11.1. The van der Waals surface area contributed by atoms with Crippen molar-refractivity contribution in [1.82, 2.24) is 4.98 Å². The molecule has 5 heteroatoms. The standard InChI is InChI=1S/C17H23NO4/c1-2-3-4-5-6-7-10-21-15-9-8-13(12-18-15)14-11-16(19)22-17(14)20/h8-9,11-12,17,20H,2-7,10H2,1H3. The summed E-state index contributed by atoms with van der Waals surface area (Å²) in [5.74, 6) is 0.0172.